The lowest BCUT2D eigenvalue weighted by atomic mass is 10.1. The van der Waals surface area contributed by atoms with E-state index in [4.69, 9.17) is 5.73 Å². The predicted octanol–water partition coefficient (Wildman–Crippen LogP) is 1.04. The van der Waals surface area contributed by atoms with Gasteiger partial charge in [0, 0.05) is 5.56 Å². The van der Waals surface area contributed by atoms with Crippen LogP contribution in [0.2, 0.25) is 0 Å². The SMILES string of the molecule is Cc1ccc2c(c1)S(=O)(=O)C=C2N. The molecular weight excluding hydrogens is 186 g/mol. The van der Waals surface area contributed by atoms with Gasteiger partial charge in [0.15, 0.2) is 0 Å². The van der Waals surface area contributed by atoms with Gasteiger partial charge in [-0.1, -0.05) is 12.1 Å². The summed E-state index contributed by atoms with van der Waals surface area (Å²) < 4.78 is 22.9. The van der Waals surface area contributed by atoms with Crippen molar-refractivity contribution in [1.29, 1.82) is 0 Å². The van der Waals surface area contributed by atoms with Gasteiger partial charge in [-0.05, 0) is 18.6 Å². The number of fused-ring (bicyclic) bond motifs is 1. The Labute approximate surface area is 76.8 Å². The number of benzene rings is 1. The first-order valence-corrected chi connectivity index (χ1v) is 5.38. The number of sulfone groups is 1. The molecule has 3 nitrogen and oxygen atoms in total. The molecule has 2 rings (SSSR count). The van der Waals surface area contributed by atoms with Crippen LogP contribution in [0.5, 0.6) is 0 Å². The molecule has 0 unspecified atom stereocenters. The lowest BCUT2D eigenvalue weighted by molar-refractivity contribution is 0.605. The van der Waals surface area contributed by atoms with Crippen LogP contribution in [0.3, 0.4) is 0 Å². The summed E-state index contributed by atoms with van der Waals surface area (Å²) >= 11 is 0. The second kappa shape index (κ2) is 2.35. The van der Waals surface area contributed by atoms with E-state index in [2.05, 4.69) is 0 Å². The van der Waals surface area contributed by atoms with Gasteiger partial charge in [-0.15, -0.1) is 0 Å². The maximum absolute atomic E-state index is 11.5. The summed E-state index contributed by atoms with van der Waals surface area (Å²) in [6.45, 7) is 1.85. The molecule has 0 saturated heterocycles. The van der Waals surface area contributed by atoms with Gasteiger partial charge in [0.25, 0.3) is 0 Å². The third-order valence-electron chi connectivity index (χ3n) is 2.04. The first kappa shape index (κ1) is 8.31. The van der Waals surface area contributed by atoms with E-state index in [-0.39, 0.29) is 0 Å². The van der Waals surface area contributed by atoms with Crippen molar-refractivity contribution in [2.45, 2.75) is 11.8 Å². The van der Waals surface area contributed by atoms with E-state index in [1.165, 1.54) is 0 Å². The van der Waals surface area contributed by atoms with E-state index in [9.17, 15) is 8.42 Å². The monoisotopic (exact) mass is 195 g/mol. The molecule has 1 aliphatic heterocycles. The molecule has 0 atom stereocenters. The van der Waals surface area contributed by atoms with Crippen LogP contribution in [0, 0.1) is 6.92 Å². The number of hydrogen-bond acceptors (Lipinski definition) is 3. The summed E-state index contributed by atoms with van der Waals surface area (Å²) in [5, 5.41) is 1.11. The first-order valence-electron chi connectivity index (χ1n) is 3.84. The molecule has 0 spiro atoms. The number of aryl methyl sites for hydroxylation is 1. The molecule has 13 heavy (non-hydrogen) atoms. The van der Waals surface area contributed by atoms with Crippen molar-refractivity contribution in [3.63, 3.8) is 0 Å². The highest BCUT2D eigenvalue weighted by molar-refractivity contribution is 7.94. The van der Waals surface area contributed by atoms with Crippen molar-refractivity contribution >= 4 is 15.5 Å². The quantitative estimate of drug-likeness (QED) is 0.672. The Bertz CT molecular complexity index is 500. The van der Waals surface area contributed by atoms with Gasteiger partial charge in [-0.3, -0.25) is 0 Å². The van der Waals surface area contributed by atoms with E-state index in [1.807, 2.05) is 13.0 Å². The summed E-state index contributed by atoms with van der Waals surface area (Å²) in [6.07, 6.45) is 0. The van der Waals surface area contributed by atoms with Crippen molar-refractivity contribution < 1.29 is 8.42 Å². The summed E-state index contributed by atoms with van der Waals surface area (Å²) in [6, 6.07) is 5.22. The Morgan fingerprint density at radius 1 is 1.31 bits per heavy atom. The fourth-order valence-corrected chi connectivity index (χ4v) is 2.83. The smallest absolute Gasteiger partial charge is 0.202 e. The fraction of sp³-hybridized carbons (Fsp3) is 0.111. The Morgan fingerprint density at radius 3 is 2.69 bits per heavy atom. The van der Waals surface area contributed by atoms with Crippen LogP contribution in [-0.4, -0.2) is 8.42 Å². The van der Waals surface area contributed by atoms with Gasteiger partial charge < -0.3 is 5.73 Å². The minimum atomic E-state index is -3.26. The first-order chi connectivity index (χ1) is 6.00. The van der Waals surface area contributed by atoms with Crippen molar-refractivity contribution in [2.24, 2.45) is 5.73 Å². The fourth-order valence-electron chi connectivity index (χ4n) is 1.40. The molecule has 0 fully saturated rings. The Hall–Kier alpha value is -1.29. The van der Waals surface area contributed by atoms with Crippen LogP contribution in [0.25, 0.3) is 5.70 Å². The molecule has 0 radical (unpaired) electrons. The van der Waals surface area contributed by atoms with Crippen molar-refractivity contribution in [3.8, 4) is 0 Å². The summed E-state index contributed by atoms with van der Waals surface area (Å²) in [5.41, 5.74) is 7.42. The summed E-state index contributed by atoms with van der Waals surface area (Å²) in [7, 11) is -3.26. The minimum absolute atomic E-state index is 0.324. The van der Waals surface area contributed by atoms with Crippen LogP contribution in [-0.2, 0) is 9.84 Å². The van der Waals surface area contributed by atoms with Crippen LogP contribution < -0.4 is 5.73 Å². The molecule has 0 aromatic heterocycles. The lowest BCUT2D eigenvalue weighted by Gasteiger charge is -2.00. The molecule has 4 heteroatoms. The molecule has 2 N–H and O–H groups in total. The van der Waals surface area contributed by atoms with Gasteiger partial charge in [0.2, 0.25) is 9.84 Å². The topological polar surface area (TPSA) is 60.2 Å². The average molecular weight is 195 g/mol. The van der Waals surface area contributed by atoms with Crippen LogP contribution in [0.15, 0.2) is 28.5 Å². The zero-order valence-corrected chi connectivity index (χ0v) is 7.93. The summed E-state index contributed by atoms with van der Waals surface area (Å²) in [4.78, 5) is 0.324. The van der Waals surface area contributed by atoms with Crippen molar-refractivity contribution in [1.82, 2.24) is 0 Å². The van der Waals surface area contributed by atoms with Crippen LogP contribution in [0.4, 0.5) is 0 Å². The average Bonchev–Trinajstić information content (AvgIpc) is 2.23. The predicted molar refractivity (Wildman–Crippen MR) is 50.5 cm³/mol. The zero-order valence-electron chi connectivity index (χ0n) is 7.11. The standard InChI is InChI=1S/C9H9NO2S/c1-6-2-3-7-8(10)5-13(11,12)9(7)4-6/h2-5H,10H2,1H3. The highest BCUT2D eigenvalue weighted by Crippen LogP contribution is 2.30. The van der Waals surface area contributed by atoms with E-state index in [0.717, 1.165) is 11.0 Å². The third kappa shape index (κ3) is 1.14. The Balaban J connectivity index is 2.83. The van der Waals surface area contributed by atoms with Crippen LogP contribution in [0.1, 0.15) is 11.1 Å². The highest BCUT2D eigenvalue weighted by atomic mass is 32.2. The second-order valence-corrected chi connectivity index (χ2v) is 4.88. The number of hydrogen-bond donors (Lipinski definition) is 1. The van der Waals surface area contributed by atoms with Crippen molar-refractivity contribution in [2.75, 3.05) is 0 Å². The second-order valence-electron chi connectivity index (χ2n) is 3.12. The maximum Gasteiger partial charge on any atom is 0.202 e. The molecule has 1 heterocycles. The van der Waals surface area contributed by atoms with E-state index >= 15 is 0 Å². The Kier molecular flexibility index (Phi) is 1.51. The lowest BCUT2D eigenvalue weighted by Crippen LogP contribution is -1.95. The molecule has 68 valence electrons. The Morgan fingerprint density at radius 2 is 2.00 bits per heavy atom. The van der Waals surface area contributed by atoms with Gasteiger partial charge in [0.05, 0.1) is 16.0 Å². The molecular formula is C9H9NO2S. The van der Waals surface area contributed by atoms with E-state index in [1.54, 1.807) is 12.1 Å². The third-order valence-corrected chi connectivity index (χ3v) is 3.55. The molecule has 1 aliphatic rings. The number of rotatable bonds is 0. The van der Waals surface area contributed by atoms with E-state index < -0.39 is 9.84 Å². The van der Waals surface area contributed by atoms with Gasteiger partial charge in [-0.2, -0.15) is 0 Å². The molecule has 1 aromatic rings. The molecule has 0 bridgehead atoms. The normalized spacial score (nSPS) is 18.1. The molecule has 0 aliphatic carbocycles. The zero-order chi connectivity index (χ0) is 9.64. The van der Waals surface area contributed by atoms with Gasteiger partial charge in [-0.25, -0.2) is 8.42 Å². The van der Waals surface area contributed by atoms with Crippen molar-refractivity contribution in [3.05, 3.63) is 34.7 Å². The van der Waals surface area contributed by atoms with Crippen LogP contribution >= 0.6 is 0 Å². The molecule has 0 amide bonds. The van der Waals surface area contributed by atoms with Gasteiger partial charge >= 0.3 is 0 Å². The van der Waals surface area contributed by atoms with E-state index in [0.29, 0.717) is 16.2 Å². The molecule has 0 saturated carbocycles. The number of nitrogens with two attached hydrogens (primary N) is 1. The van der Waals surface area contributed by atoms with Gasteiger partial charge in [0.1, 0.15) is 0 Å². The summed E-state index contributed by atoms with van der Waals surface area (Å²) in [5.74, 6) is 0. The minimum Gasteiger partial charge on any atom is -0.398 e. The molecule has 1 aromatic carbocycles. The highest BCUT2D eigenvalue weighted by Gasteiger charge is 2.24. The maximum atomic E-state index is 11.5. The largest absolute Gasteiger partial charge is 0.398 e.